The molecule has 0 heterocycles. The van der Waals surface area contributed by atoms with Crippen LogP contribution in [0.1, 0.15) is 0 Å². The van der Waals surface area contributed by atoms with E-state index in [9.17, 15) is 21.6 Å². The standard InChI is InChI=1S/C12H6BrClF3NO2S/c13-10-4-8(16)5-11(17)12(10)21(19,20)18-9-2-6(14)1-7(15)3-9/h1-5,18H. The summed E-state index contributed by atoms with van der Waals surface area (Å²) in [6.45, 7) is 0. The van der Waals surface area contributed by atoms with Crippen LogP contribution < -0.4 is 4.72 Å². The fourth-order valence-corrected chi connectivity index (χ4v) is 4.04. The number of hydrogen-bond acceptors (Lipinski definition) is 2. The van der Waals surface area contributed by atoms with E-state index >= 15 is 0 Å². The molecule has 0 aliphatic rings. The van der Waals surface area contributed by atoms with E-state index < -0.39 is 32.4 Å². The average molecular weight is 401 g/mol. The highest BCUT2D eigenvalue weighted by molar-refractivity contribution is 9.10. The first-order chi connectivity index (χ1) is 9.69. The molecular formula is C12H6BrClF3NO2S. The molecule has 0 atom stereocenters. The molecule has 0 spiro atoms. The second kappa shape index (κ2) is 5.86. The number of nitrogens with one attached hydrogen (secondary N) is 1. The molecule has 3 nitrogen and oxygen atoms in total. The van der Waals surface area contributed by atoms with Crippen LogP contribution in [-0.2, 0) is 10.0 Å². The summed E-state index contributed by atoms with van der Waals surface area (Å²) in [5.74, 6) is -2.98. The van der Waals surface area contributed by atoms with Crippen molar-refractivity contribution in [2.24, 2.45) is 0 Å². The molecule has 0 saturated carbocycles. The molecule has 0 aliphatic carbocycles. The largest absolute Gasteiger partial charge is 0.279 e. The zero-order valence-corrected chi connectivity index (χ0v) is 13.2. The van der Waals surface area contributed by atoms with Crippen LogP contribution in [0.5, 0.6) is 0 Å². The van der Waals surface area contributed by atoms with Crippen molar-refractivity contribution in [3.63, 3.8) is 0 Å². The molecule has 0 radical (unpaired) electrons. The van der Waals surface area contributed by atoms with Crippen LogP contribution in [0.4, 0.5) is 18.9 Å². The van der Waals surface area contributed by atoms with Crippen LogP contribution in [0, 0.1) is 17.5 Å². The van der Waals surface area contributed by atoms with Crippen LogP contribution >= 0.6 is 27.5 Å². The lowest BCUT2D eigenvalue weighted by Gasteiger charge is -2.11. The van der Waals surface area contributed by atoms with E-state index in [0.717, 1.165) is 24.3 Å². The van der Waals surface area contributed by atoms with Gasteiger partial charge < -0.3 is 0 Å². The molecule has 2 rings (SSSR count). The molecule has 0 unspecified atom stereocenters. The molecule has 112 valence electrons. The zero-order chi connectivity index (χ0) is 15.8. The van der Waals surface area contributed by atoms with Crippen LogP contribution in [0.3, 0.4) is 0 Å². The van der Waals surface area contributed by atoms with Gasteiger partial charge in [-0.1, -0.05) is 11.6 Å². The van der Waals surface area contributed by atoms with Gasteiger partial charge in [0, 0.05) is 15.6 Å². The molecule has 2 aromatic rings. The van der Waals surface area contributed by atoms with Crippen molar-refractivity contribution >= 4 is 43.2 Å². The Labute approximate surface area is 131 Å². The smallest absolute Gasteiger partial charge is 0.265 e. The maximum absolute atomic E-state index is 13.7. The topological polar surface area (TPSA) is 46.2 Å². The molecule has 9 heteroatoms. The molecule has 1 N–H and O–H groups in total. The van der Waals surface area contributed by atoms with Crippen LogP contribution in [0.2, 0.25) is 5.02 Å². The van der Waals surface area contributed by atoms with E-state index in [1.807, 2.05) is 4.72 Å². The highest BCUT2D eigenvalue weighted by atomic mass is 79.9. The highest BCUT2D eigenvalue weighted by Crippen LogP contribution is 2.29. The first kappa shape index (κ1) is 16.1. The Kier molecular flexibility index (Phi) is 4.50. The highest BCUT2D eigenvalue weighted by Gasteiger charge is 2.24. The Morgan fingerprint density at radius 3 is 2.19 bits per heavy atom. The lowest BCUT2D eigenvalue weighted by molar-refractivity contribution is 0.548. The van der Waals surface area contributed by atoms with Crippen molar-refractivity contribution in [3.8, 4) is 0 Å². The van der Waals surface area contributed by atoms with E-state index in [2.05, 4.69) is 15.9 Å². The molecule has 0 amide bonds. The summed E-state index contributed by atoms with van der Waals surface area (Å²) < 4.78 is 65.7. The third kappa shape index (κ3) is 3.69. The first-order valence-corrected chi connectivity index (χ1v) is 7.98. The second-order valence-electron chi connectivity index (χ2n) is 3.96. The van der Waals surface area contributed by atoms with Crippen molar-refractivity contribution in [2.45, 2.75) is 4.90 Å². The minimum Gasteiger partial charge on any atom is -0.279 e. The Bertz CT molecular complexity index is 771. The Morgan fingerprint density at radius 1 is 1.00 bits per heavy atom. The molecule has 0 aromatic heterocycles. The Balaban J connectivity index is 2.48. The van der Waals surface area contributed by atoms with Gasteiger partial charge in [-0.25, -0.2) is 21.6 Å². The van der Waals surface area contributed by atoms with E-state index in [1.165, 1.54) is 0 Å². The van der Waals surface area contributed by atoms with Gasteiger partial charge in [-0.15, -0.1) is 0 Å². The molecule has 0 fully saturated rings. The van der Waals surface area contributed by atoms with Crippen LogP contribution in [-0.4, -0.2) is 8.42 Å². The maximum Gasteiger partial charge on any atom is 0.265 e. The van der Waals surface area contributed by atoms with Gasteiger partial charge in [0.15, 0.2) is 0 Å². The summed E-state index contributed by atoms with van der Waals surface area (Å²) in [5.41, 5.74) is -0.185. The lowest BCUT2D eigenvalue weighted by Crippen LogP contribution is -2.15. The molecule has 0 bridgehead atoms. The summed E-state index contributed by atoms with van der Waals surface area (Å²) in [6.07, 6.45) is 0. The summed E-state index contributed by atoms with van der Waals surface area (Å²) in [6, 6.07) is 4.23. The Hall–Kier alpha value is -1.25. The Morgan fingerprint density at radius 2 is 1.62 bits per heavy atom. The van der Waals surface area contributed by atoms with Crippen molar-refractivity contribution in [3.05, 3.63) is 57.3 Å². The monoisotopic (exact) mass is 399 g/mol. The van der Waals surface area contributed by atoms with Gasteiger partial charge in [0.25, 0.3) is 10.0 Å². The summed E-state index contributed by atoms with van der Waals surface area (Å²) in [4.78, 5) is -0.788. The van der Waals surface area contributed by atoms with Gasteiger partial charge in [-0.3, -0.25) is 4.72 Å². The number of sulfonamides is 1. The second-order valence-corrected chi connectivity index (χ2v) is 6.87. The van der Waals surface area contributed by atoms with Gasteiger partial charge >= 0.3 is 0 Å². The first-order valence-electron chi connectivity index (χ1n) is 5.32. The van der Waals surface area contributed by atoms with E-state index in [4.69, 9.17) is 11.6 Å². The summed E-state index contributed by atoms with van der Waals surface area (Å²) >= 11 is 8.38. The number of benzene rings is 2. The van der Waals surface area contributed by atoms with Crippen molar-refractivity contribution < 1.29 is 21.6 Å². The lowest BCUT2D eigenvalue weighted by atomic mass is 10.3. The number of rotatable bonds is 3. The predicted octanol–water partition coefficient (Wildman–Crippen LogP) is 4.32. The quantitative estimate of drug-likeness (QED) is 0.834. The molecule has 21 heavy (non-hydrogen) atoms. The third-order valence-corrected chi connectivity index (χ3v) is 4.91. The third-order valence-electron chi connectivity index (χ3n) is 2.35. The zero-order valence-electron chi connectivity index (χ0n) is 10.0. The molecular weight excluding hydrogens is 395 g/mol. The maximum atomic E-state index is 13.7. The molecule has 0 saturated heterocycles. The van der Waals surface area contributed by atoms with Gasteiger partial charge in [0.05, 0.1) is 5.69 Å². The number of anilines is 1. The fraction of sp³-hybridized carbons (Fsp3) is 0. The SMILES string of the molecule is O=S(=O)(Nc1cc(F)cc(Cl)c1)c1c(F)cc(F)cc1Br. The molecule has 2 aromatic carbocycles. The number of halogens is 5. The van der Waals surface area contributed by atoms with E-state index in [-0.39, 0.29) is 15.2 Å². The van der Waals surface area contributed by atoms with Crippen molar-refractivity contribution in [2.75, 3.05) is 4.72 Å². The van der Waals surface area contributed by atoms with Gasteiger partial charge in [0.2, 0.25) is 0 Å². The predicted molar refractivity (Wildman–Crippen MR) is 76.3 cm³/mol. The van der Waals surface area contributed by atoms with Crippen molar-refractivity contribution in [1.82, 2.24) is 0 Å². The van der Waals surface area contributed by atoms with Gasteiger partial charge in [0.1, 0.15) is 22.3 Å². The van der Waals surface area contributed by atoms with E-state index in [0.29, 0.717) is 6.07 Å². The van der Waals surface area contributed by atoms with Crippen LogP contribution in [0.25, 0.3) is 0 Å². The summed E-state index contributed by atoms with van der Waals surface area (Å²) in [7, 11) is -4.39. The minimum absolute atomic E-state index is 0.0358. The number of hydrogen-bond donors (Lipinski definition) is 1. The summed E-state index contributed by atoms with van der Waals surface area (Å²) in [5, 5.41) is -0.0358. The minimum atomic E-state index is -4.39. The normalized spacial score (nSPS) is 11.5. The van der Waals surface area contributed by atoms with Crippen molar-refractivity contribution in [1.29, 1.82) is 0 Å². The average Bonchev–Trinajstić information content (AvgIpc) is 2.23. The van der Waals surface area contributed by atoms with E-state index in [1.54, 1.807) is 0 Å². The van der Waals surface area contributed by atoms with Crippen LogP contribution in [0.15, 0.2) is 39.7 Å². The molecule has 0 aliphatic heterocycles. The van der Waals surface area contributed by atoms with Gasteiger partial charge in [-0.2, -0.15) is 0 Å². The van der Waals surface area contributed by atoms with Gasteiger partial charge in [-0.05, 0) is 40.2 Å². The fourth-order valence-electron chi connectivity index (χ4n) is 1.60.